The molecule has 0 unspecified atom stereocenters. The van der Waals surface area contributed by atoms with E-state index in [1.165, 1.54) is 20.2 Å². The van der Waals surface area contributed by atoms with Crippen LogP contribution in [-0.4, -0.2) is 38.7 Å². The van der Waals surface area contributed by atoms with E-state index in [1.54, 1.807) is 25.2 Å². The molecule has 8 heteroatoms. The molecule has 0 bridgehead atoms. The highest BCUT2D eigenvalue weighted by Crippen LogP contribution is 2.17. The van der Waals surface area contributed by atoms with E-state index in [2.05, 4.69) is 20.9 Å². The number of benzene rings is 2. The third kappa shape index (κ3) is 5.39. The van der Waals surface area contributed by atoms with Crippen LogP contribution in [-0.2, 0) is 21.1 Å². The van der Waals surface area contributed by atoms with Crippen LogP contribution < -0.4 is 10.8 Å². The number of hydrogen-bond acceptors (Lipinski definition) is 5. The topological polar surface area (TPSA) is 84.3 Å². The standard InChI is InChI=1S/C21H25FN4O3/c1-13-9-10-18(22)16(11-13)20(23-3)26-29-12-17-14(2)7-6-8-15(17)19(25-28-5)21(27)24-4/h6-11H,12H2,1-5H3,(H,23,26)(H,24,27)/b25-19+. The molecule has 0 spiro atoms. The molecule has 0 heterocycles. The lowest BCUT2D eigenvalue weighted by Crippen LogP contribution is -2.30. The molecule has 0 aromatic heterocycles. The Bertz CT molecular complexity index is 942. The summed E-state index contributed by atoms with van der Waals surface area (Å²) >= 11 is 0. The number of nitrogens with zero attached hydrogens (tertiary/aromatic N) is 2. The Hall–Kier alpha value is -3.26. The summed E-state index contributed by atoms with van der Waals surface area (Å²) in [5, 5.41) is 6.40. The van der Waals surface area contributed by atoms with E-state index < -0.39 is 5.82 Å². The van der Waals surface area contributed by atoms with Crippen LogP contribution in [0.4, 0.5) is 4.39 Å². The van der Waals surface area contributed by atoms with Crippen LogP contribution in [0.3, 0.4) is 0 Å². The van der Waals surface area contributed by atoms with Crippen molar-refractivity contribution in [1.82, 2.24) is 10.8 Å². The van der Waals surface area contributed by atoms with Crippen molar-refractivity contribution in [2.24, 2.45) is 10.1 Å². The molecule has 154 valence electrons. The molecule has 2 aromatic carbocycles. The highest BCUT2D eigenvalue weighted by Gasteiger charge is 2.19. The van der Waals surface area contributed by atoms with Crippen molar-refractivity contribution in [1.29, 1.82) is 0 Å². The monoisotopic (exact) mass is 400 g/mol. The number of rotatable bonds is 7. The number of amides is 1. The highest BCUT2D eigenvalue weighted by molar-refractivity contribution is 6.45. The van der Waals surface area contributed by atoms with Crippen LogP contribution in [0.5, 0.6) is 0 Å². The van der Waals surface area contributed by atoms with Crippen LogP contribution in [0.25, 0.3) is 0 Å². The van der Waals surface area contributed by atoms with Gasteiger partial charge in [0.05, 0.1) is 5.56 Å². The first-order valence-corrected chi connectivity index (χ1v) is 8.96. The molecule has 29 heavy (non-hydrogen) atoms. The van der Waals surface area contributed by atoms with Crippen LogP contribution in [0.15, 0.2) is 46.5 Å². The van der Waals surface area contributed by atoms with Crippen LogP contribution in [0.2, 0.25) is 0 Å². The van der Waals surface area contributed by atoms with Gasteiger partial charge < -0.3 is 10.2 Å². The second kappa shape index (κ2) is 10.3. The molecule has 0 aliphatic heterocycles. The Kier molecular flexibility index (Phi) is 7.85. The van der Waals surface area contributed by atoms with Gasteiger partial charge in [-0.05, 0) is 37.1 Å². The minimum Gasteiger partial charge on any atom is -0.398 e. The normalized spacial score (nSPS) is 11.9. The third-order valence-corrected chi connectivity index (χ3v) is 4.28. The summed E-state index contributed by atoms with van der Waals surface area (Å²) in [4.78, 5) is 26.7. The number of hydrogen-bond donors (Lipinski definition) is 2. The van der Waals surface area contributed by atoms with E-state index in [9.17, 15) is 9.18 Å². The maximum Gasteiger partial charge on any atom is 0.273 e. The molecular weight excluding hydrogens is 375 g/mol. The van der Waals surface area contributed by atoms with Gasteiger partial charge in [-0.25, -0.2) is 9.87 Å². The number of carbonyl (C=O) groups excluding carboxylic acids is 1. The van der Waals surface area contributed by atoms with Crippen molar-refractivity contribution in [3.05, 3.63) is 70.0 Å². The minimum absolute atomic E-state index is 0.0915. The summed E-state index contributed by atoms with van der Waals surface area (Å²) in [6, 6.07) is 10.2. The van der Waals surface area contributed by atoms with Crippen molar-refractivity contribution in [3.8, 4) is 0 Å². The van der Waals surface area contributed by atoms with Gasteiger partial charge in [0, 0.05) is 19.7 Å². The summed E-state index contributed by atoms with van der Waals surface area (Å²) in [6.07, 6.45) is 0. The van der Waals surface area contributed by atoms with Gasteiger partial charge in [0.15, 0.2) is 11.5 Å². The second-order valence-corrected chi connectivity index (χ2v) is 6.25. The summed E-state index contributed by atoms with van der Waals surface area (Å²) in [5.41, 5.74) is 6.26. The van der Waals surface area contributed by atoms with Gasteiger partial charge in [0.2, 0.25) is 0 Å². The Morgan fingerprint density at radius 1 is 1.17 bits per heavy atom. The third-order valence-electron chi connectivity index (χ3n) is 4.28. The molecule has 0 aliphatic rings. The highest BCUT2D eigenvalue weighted by atomic mass is 19.1. The number of likely N-dealkylation sites (N-methyl/N-ethyl adjacent to an activating group) is 1. The van der Waals surface area contributed by atoms with Crippen molar-refractivity contribution in [2.75, 3.05) is 21.2 Å². The number of carbonyl (C=O) groups is 1. The quantitative estimate of drug-likeness (QED) is 0.425. The van der Waals surface area contributed by atoms with Gasteiger partial charge in [0.25, 0.3) is 5.91 Å². The Morgan fingerprint density at radius 2 is 1.93 bits per heavy atom. The van der Waals surface area contributed by atoms with Crippen LogP contribution in [0.1, 0.15) is 27.8 Å². The van der Waals surface area contributed by atoms with E-state index in [4.69, 9.17) is 9.68 Å². The fourth-order valence-electron chi connectivity index (χ4n) is 2.76. The lowest BCUT2D eigenvalue weighted by molar-refractivity contribution is -0.114. The van der Waals surface area contributed by atoms with E-state index in [0.29, 0.717) is 11.1 Å². The molecule has 0 fully saturated rings. The number of amidine groups is 1. The number of aliphatic imine (C=N–C) groups is 1. The Labute approximate surface area is 169 Å². The first kappa shape index (κ1) is 22.0. The molecule has 0 saturated heterocycles. The predicted octanol–water partition coefficient (Wildman–Crippen LogP) is 2.64. The molecule has 0 saturated carbocycles. The van der Waals surface area contributed by atoms with Crippen molar-refractivity contribution in [2.45, 2.75) is 20.5 Å². The number of halogens is 1. The molecule has 2 N–H and O–H groups in total. The predicted molar refractivity (Wildman–Crippen MR) is 110 cm³/mol. The van der Waals surface area contributed by atoms with E-state index >= 15 is 0 Å². The maximum absolute atomic E-state index is 14.2. The first-order chi connectivity index (χ1) is 13.9. The van der Waals surface area contributed by atoms with Gasteiger partial charge >= 0.3 is 0 Å². The summed E-state index contributed by atoms with van der Waals surface area (Å²) in [7, 11) is 4.43. The lowest BCUT2D eigenvalue weighted by atomic mass is 9.98. The second-order valence-electron chi connectivity index (χ2n) is 6.25. The van der Waals surface area contributed by atoms with Crippen LogP contribution >= 0.6 is 0 Å². The Morgan fingerprint density at radius 3 is 2.59 bits per heavy atom. The van der Waals surface area contributed by atoms with Crippen molar-refractivity contribution >= 4 is 17.5 Å². The van der Waals surface area contributed by atoms with Crippen LogP contribution in [0, 0.1) is 19.7 Å². The van der Waals surface area contributed by atoms with E-state index in [1.807, 2.05) is 26.0 Å². The maximum atomic E-state index is 14.2. The molecule has 2 rings (SSSR count). The zero-order chi connectivity index (χ0) is 21.4. The zero-order valence-electron chi connectivity index (χ0n) is 17.2. The molecule has 0 aliphatic carbocycles. The molecule has 0 atom stereocenters. The van der Waals surface area contributed by atoms with Crippen molar-refractivity contribution < 1.29 is 18.9 Å². The molecule has 7 nitrogen and oxygen atoms in total. The van der Waals surface area contributed by atoms with Crippen molar-refractivity contribution in [3.63, 3.8) is 0 Å². The van der Waals surface area contributed by atoms with Gasteiger partial charge in [-0.1, -0.05) is 35.0 Å². The van der Waals surface area contributed by atoms with Gasteiger partial charge in [0.1, 0.15) is 19.5 Å². The fraction of sp³-hybridized carbons (Fsp3) is 0.286. The zero-order valence-corrected chi connectivity index (χ0v) is 17.2. The van der Waals surface area contributed by atoms with E-state index in [-0.39, 0.29) is 24.1 Å². The largest absolute Gasteiger partial charge is 0.398 e. The Balaban J connectivity index is 2.26. The molecule has 2 aromatic rings. The average molecular weight is 400 g/mol. The SMILES string of the molecule is CN=C(NOCc1c(C)cccc1/C(=N\OC)C(=O)NC)c1cc(C)ccc1F. The number of hydroxylamine groups is 1. The summed E-state index contributed by atoms with van der Waals surface area (Å²) in [6.45, 7) is 3.85. The molecular formula is C21H25FN4O3. The van der Waals surface area contributed by atoms with E-state index in [0.717, 1.165) is 16.7 Å². The lowest BCUT2D eigenvalue weighted by Gasteiger charge is -2.15. The smallest absolute Gasteiger partial charge is 0.273 e. The average Bonchev–Trinajstić information content (AvgIpc) is 2.72. The number of nitrogens with one attached hydrogen (secondary N) is 2. The first-order valence-electron chi connectivity index (χ1n) is 8.96. The van der Waals surface area contributed by atoms with Gasteiger partial charge in [-0.3, -0.25) is 14.6 Å². The van der Waals surface area contributed by atoms with Gasteiger partial charge in [-0.15, -0.1) is 0 Å². The summed E-state index contributed by atoms with van der Waals surface area (Å²) < 4.78 is 14.2. The fourth-order valence-corrected chi connectivity index (χ4v) is 2.76. The summed E-state index contributed by atoms with van der Waals surface area (Å²) in [5.74, 6) is -0.527. The van der Waals surface area contributed by atoms with Gasteiger partial charge in [-0.2, -0.15) is 0 Å². The molecule has 0 radical (unpaired) electrons. The number of oxime groups is 1. The number of aryl methyl sites for hydroxylation is 2. The molecule has 1 amide bonds. The minimum atomic E-state index is -0.405.